The lowest BCUT2D eigenvalue weighted by Gasteiger charge is -2.30. The lowest BCUT2D eigenvalue weighted by Crippen LogP contribution is -2.35. The minimum atomic E-state index is 0.941. The molecule has 2 heterocycles. The van der Waals surface area contributed by atoms with Crippen LogP contribution in [0.2, 0.25) is 0 Å². The monoisotopic (exact) mass is 185 g/mol. The normalized spacial score (nSPS) is 34.2. The Hall–Kier alpha value is 0.310. The first-order valence-electron chi connectivity index (χ1n) is 5.18. The zero-order chi connectivity index (χ0) is 8.39. The van der Waals surface area contributed by atoms with Crippen molar-refractivity contribution in [1.82, 2.24) is 4.90 Å². The van der Waals surface area contributed by atoms with Gasteiger partial charge in [0, 0.05) is 12.6 Å². The summed E-state index contributed by atoms with van der Waals surface area (Å²) in [5.74, 6) is 3.75. The molecular weight excluding hydrogens is 166 g/mol. The van der Waals surface area contributed by atoms with E-state index in [1.54, 1.807) is 0 Å². The van der Waals surface area contributed by atoms with E-state index in [4.69, 9.17) is 0 Å². The van der Waals surface area contributed by atoms with E-state index < -0.39 is 0 Å². The van der Waals surface area contributed by atoms with Crippen LogP contribution >= 0.6 is 11.8 Å². The average Bonchev–Trinajstić information content (AvgIpc) is 2.54. The van der Waals surface area contributed by atoms with Crippen LogP contribution in [-0.4, -0.2) is 35.5 Å². The molecule has 1 nitrogen and oxygen atoms in total. The number of hydrogen-bond acceptors (Lipinski definition) is 2. The van der Waals surface area contributed by atoms with Crippen molar-refractivity contribution in [3.8, 4) is 0 Å². The van der Waals surface area contributed by atoms with Crippen LogP contribution < -0.4 is 0 Å². The summed E-state index contributed by atoms with van der Waals surface area (Å²) in [7, 11) is 0. The largest absolute Gasteiger partial charge is 0.300 e. The van der Waals surface area contributed by atoms with Crippen LogP contribution in [0.4, 0.5) is 0 Å². The van der Waals surface area contributed by atoms with Gasteiger partial charge >= 0.3 is 0 Å². The van der Waals surface area contributed by atoms with Gasteiger partial charge in [0.2, 0.25) is 0 Å². The highest BCUT2D eigenvalue weighted by Crippen LogP contribution is 2.26. The number of nitrogens with zero attached hydrogens (tertiary/aromatic N) is 1. The molecule has 2 aliphatic rings. The standard InChI is InChI=1S/C10H19NS/c1-9-2-5-11(8-9)10-3-6-12-7-4-10/h9-10H,2-8H2,1H3. The van der Waals surface area contributed by atoms with E-state index in [9.17, 15) is 0 Å². The summed E-state index contributed by atoms with van der Waals surface area (Å²) >= 11 is 2.13. The van der Waals surface area contributed by atoms with Gasteiger partial charge < -0.3 is 4.90 Å². The summed E-state index contributed by atoms with van der Waals surface area (Å²) in [4.78, 5) is 2.73. The Kier molecular flexibility index (Phi) is 2.97. The van der Waals surface area contributed by atoms with Crippen molar-refractivity contribution in [3.63, 3.8) is 0 Å². The van der Waals surface area contributed by atoms with Crippen LogP contribution in [-0.2, 0) is 0 Å². The highest BCUT2D eigenvalue weighted by molar-refractivity contribution is 7.99. The zero-order valence-electron chi connectivity index (χ0n) is 7.96. The summed E-state index contributed by atoms with van der Waals surface area (Å²) in [5, 5.41) is 0. The van der Waals surface area contributed by atoms with Gasteiger partial charge in [0.05, 0.1) is 0 Å². The molecular formula is C10H19NS. The predicted molar refractivity (Wildman–Crippen MR) is 55.7 cm³/mol. The Morgan fingerprint density at radius 3 is 2.50 bits per heavy atom. The molecule has 2 heteroatoms. The summed E-state index contributed by atoms with van der Waals surface area (Å²) in [5.41, 5.74) is 0. The number of hydrogen-bond donors (Lipinski definition) is 0. The van der Waals surface area contributed by atoms with E-state index >= 15 is 0 Å². The van der Waals surface area contributed by atoms with Crippen molar-refractivity contribution in [3.05, 3.63) is 0 Å². The quantitative estimate of drug-likeness (QED) is 0.616. The van der Waals surface area contributed by atoms with Gasteiger partial charge in [-0.3, -0.25) is 0 Å². The van der Waals surface area contributed by atoms with Gasteiger partial charge in [0.15, 0.2) is 0 Å². The molecule has 0 aliphatic carbocycles. The lowest BCUT2D eigenvalue weighted by molar-refractivity contribution is 0.223. The van der Waals surface area contributed by atoms with Crippen LogP contribution in [0, 0.1) is 5.92 Å². The second-order valence-electron chi connectivity index (χ2n) is 4.23. The van der Waals surface area contributed by atoms with Crippen molar-refractivity contribution >= 4 is 11.8 Å². The SMILES string of the molecule is CC1CCN(C2CCSCC2)C1. The fourth-order valence-electron chi connectivity index (χ4n) is 2.35. The van der Waals surface area contributed by atoms with E-state index in [2.05, 4.69) is 23.6 Å². The first kappa shape index (κ1) is 8.89. The van der Waals surface area contributed by atoms with E-state index in [0.717, 1.165) is 12.0 Å². The Bertz CT molecular complexity index is 140. The summed E-state index contributed by atoms with van der Waals surface area (Å²) in [6, 6.07) is 0.941. The summed E-state index contributed by atoms with van der Waals surface area (Å²) in [6.07, 6.45) is 4.32. The van der Waals surface area contributed by atoms with E-state index in [0.29, 0.717) is 0 Å². The van der Waals surface area contributed by atoms with Crippen molar-refractivity contribution in [2.75, 3.05) is 24.6 Å². The van der Waals surface area contributed by atoms with Gasteiger partial charge in [-0.05, 0) is 43.2 Å². The molecule has 0 radical (unpaired) electrons. The zero-order valence-corrected chi connectivity index (χ0v) is 8.78. The molecule has 12 heavy (non-hydrogen) atoms. The molecule has 0 bridgehead atoms. The number of rotatable bonds is 1. The van der Waals surface area contributed by atoms with Crippen molar-refractivity contribution in [2.24, 2.45) is 5.92 Å². The Morgan fingerprint density at radius 2 is 1.92 bits per heavy atom. The van der Waals surface area contributed by atoms with Gasteiger partial charge in [-0.2, -0.15) is 11.8 Å². The first-order valence-corrected chi connectivity index (χ1v) is 6.33. The van der Waals surface area contributed by atoms with Crippen LogP contribution in [0.1, 0.15) is 26.2 Å². The molecule has 2 aliphatic heterocycles. The molecule has 1 atom stereocenters. The maximum atomic E-state index is 2.73. The maximum Gasteiger partial charge on any atom is 0.0111 e. The highest BCUT2D eigenvalue weighted by Gasteiger charge is 2.26. The molecule has 70 valence electrons. The third-order valence-electron chi connectivity index (χ3n) is 3.16. The van der Waals surface area contributed by atoms with Gasteiger partial charge in [0.1, 0.15) is 0 Å². The molecule has 2 rings (SSSR count). The predicted octanol–water partition coefficient (Wildman–Crippen LogP) is 2.22. The minimum Gasteiger partial charge on any atom is -0.300 e. The number of likely N-dealkylation sites (tertiary alicyclic amines) is 1. The molecule has 0 aromatic heterocycles. The smallest absolute Gasteiger partial charge is 0.0111 e. The molecule has 0 amide bonds. The van der Waals surface area contributed by atoms with E-state index in [1.807, 2.05) is 0 Å². The van der Waals surface area contributed by atoms with Crippen molar-refractivity contribution in [2.45, 2.75) is 32.2 Å². The van der Waals surface area contributed by atoms with Gasteiger partial charge in [-0.25, -0.2) is 0 Å². The molecule has 1 unspecified atom stereocenters. The van der Waals surface area contributed by atoms with Crippen molar-refractivity contribution in [1.29, 1.82) is 0 Å². The van der Waals surface area contributed by atoms with Crippen molar-refractivity contribution < 1.29 is 0 Å². The Morgan fingerprint density at radius 1 is 1.17 bits per heavy atom. The first-order chi connectivity index (χ1) is 5.86. The van der Waals surface area contributed by atoms with Gasteiger partial charge in [0.25, 0.3) is 0 Å². The third-order valence-corrected chi connectivity index (χ3v) is 4.21. The average molecular weight is 185 g/mol. The second-order valence-corrected chi connectivity index (χ2v) is 5.46. The Balaban J connectivity index is 1.83. The van der Waals surface area contributed by atoms with E-state index in [1.165, 1.54) is 43.9 Å². The summed E-state index contributed by atoms with van der Waals surface area (Å²) in [6.45, 7) is 5.13. The topological polar surface area (TPSA) is 3.24 Å². The molecule has 2 fully saturated rings. The summed E-state index contributed by atoms with van der Waals surface area (Å²) < 4.78 is 0. The van der Waals surface area contributed by atoms with Crippen LogP contribution in [0.25, 0.3) is 0 Å². The minimum absolute atomic E-state index is 0.941. The number of thioether (sulfide) groups is 1. The molecule has 0 saturated carbocycles. The highest BCUT2D eigenvalue weighted by atomic mass is 32.2. The van der Waals surface area contributed by atoms with Crippen LogP contribution in [0.3, 0.4) is 0 Å². The van der Waals surface area contributed by atoms with Crippen LogP contribution in [0.15, 0.2) is 0 Å². The molecule has 0 N–H and O–H groups in total. The van der Waals surface area contributed by atoms with Gasteiger partial charge in [-0.1, -0.05) is 6.92 Å². The maximum absolute atomic E-state index is 2.73. The second kappa shape index (κ2) is 4.01. The van der Waals surface area contributed by atoms with Gasteiger partial charge in [-0.15, -0.1) is 0 Å². The fraction of sp³-hybridized carbons (Fsp3) is 1.00. The lowest BCUT2D eigenvalue weighted by atomic mass is 10.1. The molecule has 0 aromatic rings. The molecule has 0 spiro atoms. The molecule has 0 aromatic carbocycles. The van der Waals surface area contributed by atoms with E-state index in [-0.39, 0.29) is 0 Å². The Labute approximate surface area is 79.9 Å². The molecule has 2 saturated heterocycles. The van der Waals surface area contributed by atoms with Crippen LogP contribution in [0.5, 0.6) is 0 Å². The third kappa shape index (κ3) is 1.97. The fourth-order valence-corrected chi connectivity index (χ4v) is 3.43.